The molecule has 0 aliphatic heterocycles. The highest BCUT2D eigenvalue weighted by atomic mass is 15.1. The smallest absolute Gasteiger partial charge is 0.0462 e. The Balaban J connectivity index is 0.952. The minimum absolute atomic E-state index is 1.09. The maximum absolute atomic E-state index is 2.37. The van der Waals surface area contributed by atoms with Gasteiger partial charge in [-0.25, -0.2) is 0 Å². The first-order chi connectivity index (χ1) is 32.2. The SMILES string of the molecule is c1ccc(-c2c(-c3cccc(-c4ccc(N(c5ccc(-c6cccc7ccccc67)cc5)c5ccc(-c6cccc7ccccc67)cc5)cc4)c3)c3ccccc3c3ccccc23)cc1. The molecule has 0 amide bonds. The summed E-state index contributed by atoms with van der Waals surface area (Å²) >= 11 is 0. The lowest BCUT2D eigenvalue weighted by Crippen LogP contribution is -2.09. The van der Waals surface area contributed by atoms with E-state index in [1.54, 1.807) is 0 Å². The quantitative estimate of drug-likeness (QED) is 0.138. The molecule has 0 bridgehead atoms. The van der Waals surface area contributed by atoms with Crippen LogP contribution in [0.5, 0.6) is 0 Å². The summed E-state index contributed by atoms with van der Waals surface area (Å²) in [5.74, 6) is 0. The van der Waals surface area contributed by atoms with Crippen molar-refractivity contribution in [1.29, 1.82) is 0 Å². The number of nitrogens with zero attached hydrogens (tertiary/aromatic N) is 1. The molecule has 0 atom stereocenters. The van der Waals surface area contributed by atoms with Gasteiger partial charge in [-0.05, 0) is 141 Å². The summed E-state index contributed by atoms with van der Waals surface area (Å²) < 4.78 is 0. The Kier molecular flexibility index (Phi) is 9.58. The van der Waals surface area contributed by atoms with Crippen LogP contribution >= 0.6 is 0 Å². The molecule has 0 aliphatic carbocycles. The Bertz CT molecular complexity index is 3550. The van der Waals surface area contributed by atoms with Crippen LogP contribution in [0.25, 0.3) is 98.7 Å². The molecule has 12 aromatic rings. The number of benzene rings is 12. The molecule has 0 unspecified atom stereocenters. The summed E-state index contributed by atoms with van der Waals surface area (Å²) in [6.07, 6.45) is 0. The van der Waals surface area contributed by atoms with E-state index in [4.69, 9.17) is 0 Å². The number of hydrogen-bond acceptors (Lipinski definition) is 1. The van der Waals surface area contributed by atoms with Crippen molar-refractivity contribution in [2.24, 2.45) is 0 Å². The highest BCUT2D eigenvalue weighted by Crippen LogP contribution is 2.46. The molecule has 0 radical (unpaired) electrons. The van der Waals surface area contributed by atoms with Crippen LogP contribution < -0.4 is 4.90 Å². The van der Waals surface area contributed by atoms with Gasteiger partial charge in [-0.15, -0.1) is 0 Å². The molecule has 1 nitrogen and oxygen atoms in total. The third-order valence-electron chi connectivity index (χ3n) is 13.1. The monoisotopic (exact) mass is 825 g/mol. The van der Waals surface area contributed by atoms with Crippen LogP contribution in [-0.4, -0.2) is 0 Å². The van der Waals surface area contributed by atoms with E-state index in [0.717, 1.165) is 17.1 Å². The van der Waals surface area contributed by atoms with Gasteiger partial charge in [0.05, 0.1) is 0 Å². The van der Waals surface area contributed by atoms with Gasteiger partial charge in [0.1, 0.15) is 0 Å². The second-order valence-corrected chi connectivity index (χ2v) is 16.8. The first-order valence-electron chi connectivity index (χ1n) is 22.4. The fourth-order valence-electron chi connectivity index (χ4n) is 9.98. The summed E-state index contributed by atoms with van der Waals surface area (Å²) in [7, 11) is 0. The first kappa shape index (κ1) is 38.2. The minimum atomic E-state index is 1.09. The average Bonchev–Trinajstić information content (AvgIpc) is 3.39. The molecule has 12 aromatic carbocycles. The van der Waals surface area contributed by atoms with Crippen molar-refractivity contribution in [3.63, 3.8) is 0 Å². The van der Waals surface area contributed by atoms with Crippen molar-refractivity contribution in [2.45, 2.75) is 0 Å². The maximum atomic E-state index is 2.37. The fraction of sp³-hybridized carbons (Fsp3) is 0. The lowest BCUT2D eigenvalue weighted by molar-refractivity contribution is 1.28. The normalized spacial score (nSPS) is 11.4. The van der Waals surface area contributed by atoms with E-state index >= 15 is 0 Å². The molecule has 0 saturated carbocycles. The van der Waals surface area contributed by atoms with Gasteiger partial charge < -0.3 is 4.90 Å². The first-order valence-corrected chi connectivity index (χ1v) is 22.4. The zero-order valence-corrected chi connectivity index (χ0v) is 35.8. The van der Waals surface area contributed by atoms with Crippen molar-refractivity contribution in [1.82, 2.24) is 0 Å². The number of anilines is 3. The lowest BCUT2D eigenvalue weighted by atomic mass is 9.84. The van der Waals surface area contributed by atoms with Gasteiger partial charge in [-0.3, -0.25) is 0 Å². The van der Waals surface area contributed by atoms with Gasteiger partial charge in [0.2, 0.25) is 0 Å². The van der Waals surface area contributed by atoms with Gasteiger partial charge in [0.25, 0.3) is 0 Å². The zero-order chi connectivity index (χ0) is 43.1. The van der Waals surface area contributed by atoms with Gasteiger partial charge >= 0.3 is 0 Å². The van der Waals surface area contributed by atoms with E-state index in [1.165, 1.54) is 98.7 Å². The molecular formula is C64H43N. The molecule has 304 valence electrons. The van der Waals surface area contributed by atoms with Crippen LogP contribution in [0.3, 0.4) is 0 Å². The van der Waals surface area contributed by atoms with Crippen molar-refractivity contribution >= 4 is 60.2 Å². The van der Waals surface area contributed by atoms with Crippen LogP contribution in [0.1, 0.15) is 0 Å². The summed E-state index contributed by atoms with van der Waals surface area (Å²) in [5, 5.41) is 10.1. The Labute approximate surface area is 379 Å². The Hall–Kier alpha value is -8.52. The van der Waals surface area contributed by atoms with Crippen LogP contribution in [0.4, 0.5) is 17.1 Å². The van der Waals surface area contributed by atoms with E-state index in [2.05, 4.69) is 266 Å². The molecule has 0 aromatic heterocycles. The predicted octanol–water partition coefficient (Wildman–Crippen LogP) is 18.1. The van der Waals surface area contributed by atoms with E-state index in [-0.39, 0.29) is 0 Å². The molecular weight excluding hydrogens is 783 g/mol. The molecule has 0 fully saturated rings. The predicted molar refractivity (Wildman–Crippen MR) is 278 cm³/mol. The van der Waals surface area contributed by atoms with Crippen LogP contribution in [-0.2, 0) is 0 Å². The summed E-state index contributed by atoms with van der Waals surface area (Å²) in [6, 6.07) is 95.1. The van der Waals surface area contributed by atoms with Crippen LogP contribution in [0.15, 0.2) is 261 Å². The lowest BCUT2D eigenvalue weighted by Gasteiger charge is -2.26. The van der Waals surface area contributed by atoms with Crippen molar-refractivity contribution in [2.75, 3.05) is 4.90 Å². The number of rotatable bonds is 8. The summed E-state index contributed by atoms with van der Waals surface area (Å²) in [4.78, 5) is 2.37. The average molecular weight is 826 g/mol. The number of fused-ring (bicyclic) bond motifs is 5. The van der Waals surface area contributed by atoms with Gasteiger partial charge in [0.15, 0.2) is 0 Å². The molecule has 1 heteroatoms. The van der Waals surface area contributed by atoms with E-state index < -0.39 is 0 Å². The summed E-state index contributed by atoms with van der Waals surface area (Å²) in [5.41, 5.74) is 15.4. The Morgan fingerprint density at radius 3 is 1.06 bits per heavy atom. The van der Waals surface area contributed by atoms with E-state index in [1.807, 2.05) is 0 Å². The van der Waals surface area contributed by atoms with Gasteiger partial charge in [0, 0.05) is 17.1 Å². The largest absolute Gasteiger partial charge is 0.311 e. The molecule has 0 spiro atoms. The third kappa shape index (κ3) is 6.92. The van der Waals surface area contributed by atoms with Crippen LogP contribution in [0, 0.1) is 0 Å². The summed E-state index contributed by atoms with van der Waals surface area (Å²) in [6.45, 7) is 0. The number of hydrogen-bond donors (Lipinski definition) is 0. The van der Waals surface area contributed by atoms with Crippen LogP contribution in [0.2, 0.25) is 0 Å². The second-order valence-electron chi connectivity index (χ2n) is 16.8. The van der Waals surface area contributed by atoms with Crippen molar-refractivity contribution in [3.8, 4) is 55.6 Å². The molecule has 0 heterocycles. The fourth-order valence-corrected chi connectivity index (χ4v) is 9.98. The second kappa shape index (κ2) is 16.3. The van der Waals surface area contributed by atoms with Crippen molar-refractivity contribution in [3.05, 3.63) is 261 Å². The van der Waals surface area contributed by atoms with E-state index in [9.17, 15) is 0 Å². The van der Waals surface area contributed by atoms with Gasteiger partial charge in [-0.2, -0.15) is 0 Å². The highest BCUT2D eigenvalue weighted by Gasteiger charge is 2.19. The highest BCUT2D eigenvalue weighted by molar-refractivity contribution is 6.21. The molecule has 0 saturated heterocycles. The third-order valence-corrected chi connectivity index (χ3v) is 13.1. The van der Waals surface area contributed by atoms with Crippen molar-refractivity contribution < 1.29 is 0 Å². The standard InChI is InChI=1S/C64H43N/c1-2-17-49(18-3-1)63-61-27-10-8-25-59(61)60-26-9-11-28-62(60)64(63)51-22-12-21-50(43-51)44-31-37-52(38-32-44)65(53-39-33-47(34-40-53)57-29-13-19-45-15-4-6-23-55(45)57)54-41-35-48(36-42-54)58-30-14-20-46-16-5-7-24-56(46)58/h1-43H. The molecule has 0 aliphatic rings. The topological polar surface area (TPSA) is 3.24 Å². The Morgan fingerprint density at radius 2 is 0.554 bits per heavy atom. The minimum Gasteiger partial charge on any atom is -0.311 e. The van der Waals surface area contributed by atoms with Gasteiger partial charge in [-0.1, -0.05) is 218 Å². The Morgan fingerprint density at radius 1 is 0.200 bits per heavy atom. The zero-order valence-electron chi connectivity index (χ0n) is 35.8. The maximum Gasteiger partial charge on any atom is 0.0462 e. The molecule has 12 rings (SSSR count). The van der Waals surface area contributed by atoms with E-state index in [0.29, 0.717) is 0 Å². The molecule has 0 N–H and O–H groups in total. The molecule has 65 heavy (non-hydrogen) atoms.